The minimum atomic E-state index is -0.710. The van der Waals surface area contributed by atoms with Crippen molar-refractivity contribution in [2.24, 2.45) is 0 Å². The number of benzene rings is 2. The van der Waals surface area contributed by atoms with Gasteiger partial charge in [-0.1, -0.05) is 41.4 Å². The number of aliphatic hydroxyl groups is 1. The maximum atomic E-state index is 13.5. The fourth-order valence-corrected chi connectivity index (χ4v) is 4.31. The first kappa shape index (κ1) is 25.2. The van der Waals surface area contributed by atoms with Crippen LogP contribution in [0.15, 0.2) is 48.7 Å². The summed E-state index contributed by atoms with van der Waals surface area (Å²) in [4.78, 5) is 23.6. The number of urea groups is 1. The molecule has 0 bridgehead atoms. The number of hydrogen-bond acceptors (Lipinski definition) is 5. The van der Waals surface area contributed by atoms with E-state index in [1.165, 1.54) is 18.2 Å². The van der Waals surface area contributed by atoms with E-state index in [0.29, 0.717) is 36.0 Å². The summed E-state index contributed by atoms with van der Waals surface area (Å²) >= 11 is 11.8. The maximum absolute atomic E-state index is 13.5. The Morgan fingerprint density at radius 3 is 2.71 bits per heavy atom. The SMILES string of the molecule is CC(Cc1ccc(Cl)cc1)Nc1ncc2c(n1)CN(C(=O)NC(CO)c1ccc(F)c(Cl)c1)CC2. The predicted molar refractivity (Wildman–Crippen MR) is 134 cm³/mol. The Balaban J connectivity index is 1.39. The van der Waals surface area contributed by atoms with E-state index in [-0.39, 0.29) is 23.7 Å². The third-order valence-electron chi connectivity index (χ3n) is 5.89. The van der Waals surface area contributed by atoms with Gasteiger partial charge in [-0.15, -0.1) is 0 Å². The molecule has 2 heterocycles. The molecule has 7 nitrogen and oxygen atoms in total. The molecule has 1 aliphatic heterocycles. The molecule has 0 aliphatic carbocycles. The number of halogens is 3. The Morgan fingerprint density at radius 1 is 1.23 bits per heavy atom. The molecule has 2 aromatic carbocycles. The van der Waals surface area contributed by atoms with Crippen molar-refractivity contribution < 1.29 is 14.3 Å². The molecule has 0 radical (unpaired) electrons. The highest BCUT2D eigenvalue weighted by Gasteiger charge is 2.25. The number of anilines is 1. The summed E-state index contributed by atoms with van der Waals surface area (Å²) in [7, 11) is 0. The molecular formula is C25H26Cl2FN5O2. The number of aliphatic hydroxyl groups excluding tert-OH is 1. The molecule has 2 unspecified atom stereocenters. The standard InChI is InChI=1S/C25H26Cl2FN5O2/c1-15(10-16-2-5-19(26)6-3-16)30-24-29-12-18-8-9-33(13-22(18)31-24)25(35)32-23(14-34)17-4-7-21(28)20(27)11-17/h2-7,11-12,15,23,34H,8-10,13-14H2,1H3,(H,32,35)(H,29,30,31). The zero-order chi connectivity index (χ0) is 24.9. The quantitative estimate of drug-likeness (QED) is 0.420. The Labute approximate surface area is 213 Å². The largest absolute Gasteiger partial charge is 0.394 e. The molecule has 35 heavy (non-hydrogen) atoms. The number of rotatable bonds is 7. The smallest absolute Gasteiger partial charge is 0.318 e. The van der Waals surface area contributed by atoms with Crippen molar-refractivity contribution in [1.82, 2.24) is 20.2 Å². The topological polar surface area (TPSA) is 90.4 Å². The van der Waals surface area contributed by atoms with Crippen molar-refractivity contribution in [1.29, 1.82) is 0 Å². The molecule has 0 saturated heterocycles. The molecule has 3 aromatic rings. The van der Waals surface area contributed by atoms with Gasteiger partial charge in [0.1, 0.15) is 5.82 Å². The van der Waals surface area contributed by atoms with Crippen LogP contribution in [0.5, 0.6) is 0 Å². The van der Waals surface area contributed by atoms with Crippen molar-refractivity contribution >= 4 is 35.2 Å². The van der Waals surface area contributed by atoms with E-state index in [4.69, 9.17) is 23.2 Å². The highest BCUT2D eigenvalue weighted by molar-refractivity contribution is 6.31. The number of hydrogen-bond donors (Lipinski definition) is 3. The Morgan fingerprint density at radius 2 is 2.00 bits per heavy atom. The van der Waals surface area contributed by atoms with Gasteiger partial charge < -0.3 is 20.6 Å². The van der Waals surface area contributed by atoms with Gasteiger partial charge in [0.25, 0.3) is 0 Å². The van der Waals surface area contributed by atoms with E-state index in [1.54, 1.807) is 11.1 Å². The summed E-state index contributed by atoms with van der Waals surface area (Å²) in [5.74, 6) is -0.0562. The lowest BCUT2D eigenvalue weighted by Gasteiger charge is -2.30. The van der Waals surface area contributed by atoms with Gasteiger partial charge in [0.2, 0.25) is 5.95 Å². The van der Waals surface area contributed by atoms with Crippen molar-refractivity contribution in [2.75, 3.05) is 18.5 Å². The van der Waals surface area contributed by atoms with Crippen LogP contribution in [0.25, 0.3) is 0 Å². The molecule has 0 saturated carbocycles. The summed E-state index contributed by atoms with van der Waals surface area (Å²) in [6.07, 6.45) is 3.20. The van der Waals surface area contributed by atoms with Crippen LogP contribution in [0.1, 0.15) is 35.3 Å². The van der Waals surface area contributed by atoms with Crippen LogP contribution < -0.4 is 10.6 Å². The van der Waals surface area contributed by atoms with Gasteiger partial charge in [-0.25, -0.2) is 19.2 Å². The Kier molecular flexibility index (Phi) is 8.05. The number of fused-ring (bicyclic) bond motifs is 1. The molecule has 1 aliphatic rings. The van der Waals surface area contributed by atoms with Crippen molar-refractivity contribution in [2.45, 2.75) is 38.4 Å². The third kappa shape index (κ3) is 6.39. The van der Waals surface area contributed by atoms with E-state index in [0.717, 1.165) is 23.2 Å². The molecule has 3 N–H and O–H groups in total. The predicted octanol–water partition coefficient (Wildman–Crippen LogP) is 4.77. The van der Waals surface area contributed by atoms with Crippen LogP contribution in [0.3, 0.4) is 0 Å². The minimum absolute atomic E-state index is 0.0656. The van der Waals surface area contributed by atoms with Crippen LogP contribution in [-0.4, -0.2) is 45.2 Å². The van der Waals surface area contributed by atoms with E-state index in [9.17, 15) is 14.3 Å². The second-order valence-electron chi connectivity index (χ2n) is 8.57. The number of nitrogens with zero attached hydrogens (tertiary/aromatic N) is 3. The van der Waals surface area contributed by atoms with Crippen LogP contribution >= 0.6 is 23.2 Å². The second kappa shape index (κ2) is 11.2. The van der Waals surface area contributed by atoms with E-state index in [1.807, 2.05) is 31.2 Å². The fourth-order valence-electron chi connectivity index (χ4n) is 4.00. The number of carbonyl (C=O) groups is 1. The number of amides is 2. The zero-order valence-electron chi connectivity index (χ0n) is 19.1. The summed E-state index contributed by atoms with van der Waals surface area (Å²) in [6, 6.07) is 10.8. The first-order valence-electron chi connectivity index (χ1n) is 11.3. The van der Waals surface area contributed by atoms with E-state index >= 15 is 0 Å². The summed E-state index contributed by atoms with van der Waals surface area (Å²) < 4.78 is 13.5. The molecule has 184 valence electrons. The van der Waals surface area contributed by atoms with E-state index < -0.39 is 11.9 Å². The zero-order valence-corrected chi connectivity index (χ0v) is 20.7. The molecule has 10 heteroatoms. The van der Waals surface area contributed by atoms with Crippen LogP contribution in [0, 0.1) is 5.82 Å². The molecular weight excluding hydrogens is 492 g/mol. The van der Waals surface area contributed by atoms with Gasteiger partial charge in [-0.2, -0.15) is 0 Å². The lowest BCUT2D eigenvalue weighted by molar-refractivity contribution is 0.176. The van der Waals surface area contributed by atoms with Gasteiger partial charge in [0.15, 0.2) is 0 Å². The first-order valence-corrected chi connectivity index (χ1v) is 12.0. The van der Waals surface area contributed by atoms with Crippen molar-refractivity contribution in [3.63, 3.8) is 0 Å². The molecule has 0 spiro atoms. The molecule has 4 rings (SSSR count). The average molecular weight is 518 g/mol. The van der Waals surface area contributed by atoms with Crippen molar-refractivity contribution in [3.05, 3.63) is 86.9 Å². The number of carbonyl (C=O) groups excluding carboxylic acids is 1. The monoisotopic (exact) mass is 517 g/mol. The van der Waals surface area contributed by atoms with Gasteiger partial charge >= 0.3 is 6.03 Å². The van der Waals surface area contributed by atoms with Gasteiger partial charge in [-0.3, -0.25) is 0 Å². The molecule has 1 aromatic heterocycles. The number of nitrogens with one attached hydrogen (secondary N) is 2. The highest BCUT2D eigenvalue weighted by atomic mass is 35.5. The Hall–Kier alpha value is -2.94. The molecule has 0 fully saturated rings. The molecule has 2 amide bonds. The van der Waals surface area contributed by atoms with Gasteiger partial charge in [0.05, 0.1) is 29.9 Å². The lowest BCUT2D eigenvalue weighted by Crippen LogP contribution is -2.45. The average Bonchev–Trinajstić information content (AvgIpc) is 2.85. The minimum Gasteiger partial charge on any atom is -0.394 e. The van der Waals surface area contributed by atoms with Crippen molar-refractivity contribution in [3.8, 4) is 0 Å². The normalized spacial score (nSPS) is 14.7. The first-order chi connectivity index (χ1) is 16.8. The summed E-state index contributed by atoms with van der Waals surface area (Å²) in [6.45, 7) is 2.50. The van der Waals surface area contributed by atoms with E-state index in [2.05, 4.69) is 20.6 Å². The number of aromatic nitrogens is 2. The van der Waals surface area contributed by atoms with Crippen LogP contribution in [0.4, 0.5) is 15.1 Å². The fraction of sp³-hybridized carbons (Fsp3) is 0.320. The van der Waals surface area contributed by atoms with Crippen LogP contribution in [-0.2, 0) is 19.4 Å². The van der Waals surface area contributed by atoms with Gasteiger partial charge in [0, 0.05) is 23.8 Å². The molecule has 2 atom stereocenters. The summed E-state index contributed by atoms with van der Waals surface area (Å²) in [5.41, 5.74) is 3.44. The van der Waals surface area contributed by atoms with Crippen LogP contribution in [0.2, 0.25) is 10.0 Å². The Bertz CT molecular complexity index is 1190. The maximum Gasteiger partial charge on any atom is 0.318 e. The third-order valence-corrected chi connectivity index (χ3v) is 6.43. The highest BCUT2D eigenvalue weighted by Crippen LogP contribution is 2.23. The van der Waals surface area contributed by atoms with Gasteiger partial charge in [-0.05, 0) is 60.7 Å². The lowest BCUT2D eigenvalue weighted by atomic mass is 10.1. The second-order valence-corrected chi connectivity index (χ2v) is 9.41. The summed E-state index contributed by atoms with van der Waals surface area (Å²) in [5, 5.41) is 16.5.